The number of amides is 1. The molecule has 1 amide bonds. The van der Waals surface area contributed by atoms with Gasteiger partial charge in [-0.15, -0.1) is 0 Å². The highest BCUT2D eigenvalue weighted by molar-refractivity contribution is 6.03. The van der Waals surface area contributed by atoms with E-state index in [0.717, 1.165) is 30.0 Å². The van der Waals surface area contributed by atoms with Gasteiger partial charge in [0.25, 0.3) is 0 Å². The van der Waals surface area contributed by atoms with Crippen molar-refractivity contribution in [2.24, 2.45) is 0 Å². The number of nitrogens with one attached hydrogen (secondary N) is 2. The average Bonchev–Trinajstić information content (AvgIpc) is 2.83. The first-order valence-corrected chi connectivity index (χ1v) is 7.38. The van der Waals surface area contributed by atoms with Gasteiger partial charge in [0.15, 0.2) is 0 Å². The third kappa shape index (κ3) is 2.74. The molecule has 3 rings (SSSR count). The zero-order valence-electron chi connectivity index (χ0n) is 12.1. The summed E-state index contributed by atoms with van der Waals surface area (Å²) in [4.78, 5) is 14.1. The van der Waals surface area contributed by atoms with Crippen molar-refractivity contribution in [3.05, 3.63) is 23.8 Å². The third-order valence-electron chi connectivity index (χ3n) is 3.98. The summed E-state index contributed by atoms with van der Waals surface area (Å²) >= 11 is 0. The molecule has 2 aliphatic heterocycles. The molecule has 114 valence electrons. The van der Waals surface area contributed by atoms with Gasteiger partial charge in [0, 0.05) is 30.0 Å². The average molecular weight is 291 g/mol. The van der Waals surface area contributed by atoms with Crippen molar-refractivity contribution >= 4 is 17.3 Å². The van der Waals surface area contributed by atoms with E-state index in [2.05, 4.69) is 15.5 Å². The predicted octanol–water partition coefficient (Wildman–Crippen LogP) is 0.487. The first kappa shape index (κ1) is 14.3. The number of carbonyl (C=O) groups excluding carboxylic acids is 1. The lowest BCUT2D eigenvalue weighted by molar-refractivity contribution is -0.117. The van der Waals surface area contributed by atoms with Gasteiger partial charge < -0.3 is 25.4 Å². The Balaban J connectivity index is 1.81. The molecule has 3 N–H and O–H groups in total. The number of nitrogens with zero attached hydrogens (tertiary/aromatic N) is 1. The number of likely N-dealkylation sites (N-methyl/N-ethyl adjacent to an activating group) is 1. The van der Waals surface area contributed by atoms with E-state index in [-0.39, 0.29) is 24.7 Å². The van der Waals surface area contributed by atoms with E-state index < -0.39 is 0 Å². The summed E-state index contributed by atoms with van der Waals surface area (Å²) < 4.78 is 5.47. The van der Waals surface area contributed by atoms with E-state index in [1.807, 2.05) is 25.1 Å². The van der Waals surface area contributed by atoms with Crippen molar-refractivity contribution in [1.82, 2.24) is 5.32 Å². The third-order valence-corrected chi connectivity index (χ3v) is 3.98. The number of aliphatic hydroxyl groups excluding tert-OH is 1. The van der Waals surface area contributed by atoms with E-state index in [1.165, 1.54) is 0 Å². The van der Waals surface area contributed by atoms with Gasteiger partial charge >= 0.3 is 0 Å². The molecule has 2 atom stereocenters. The maximum absolute atomic E-state index is 12.0. The molecule has 0 bridgehead atoms. The fourth-order valence-electron chi connectivity index (χ4n) is 2.92. The number of hydrogen-bond acceptors (Lipinski definition) is 5. The van der Waals surface area contributed by atoms with Crippen LogP contribution in [0.1, 0.15) is 18.5 Å². The minimum Gasteiger partial charge on any atom is -0.394 e. The van der Waals surface area contributed by atoms with Gasteiger partial charge in [0.05, 0.1) is 19.3 Å². The van der Waals surface area contributed by atoms with Crippen molar-refractivity contribution in [2.45, 2.75) is 19.1 Å². The second kappa shape index (κ2) is 6.01. The zero-order valence-corrected chi connectivity index (χ0v) is 12.1. The van der Waals surface area contributed by atoms with Crippen LogP contribution in [0.15, 0.2) is 18.2 Å². The van der Waals surface area contributed by atoms with Crippen LogP contribution in [0, 0.1) is 0 Å². The van der Waals surface area contributed by atoms with Gasteiger partial charge in [-0.1, -0.05) is 13.0 Å². The highest BCUT2D eigenvalue weighted by Gasteiger charge is 2.30. The SMILES string of the molecule is CCNC1C(=O)Nc2cc(N3CCOC(CO)C3)ccc21. The Bertz CT molecular complexity index is 535. The number of carbonyl (C=O) groups is 1. The standard InChI is InChI=1S/C15H21N3O3/c1-2-16-14-12-4-3-10(7-13(12)17-15(14)20)18-5-6-21-11(8-18)9-19/h3-4,7,11,14,16,19H,2,5-6,8-9H2,1H3,(H,17,20). The highest BCUT2D eigenvalue weighted by Crippen LogP contribution is 2.34. The molecular formula is C15H21N3O3. The van der Waals surface area contributed by atoms with E-state index >= 15 is 0 Å². The minimum atomic E-state index is -0.256. The van der Waals surface area contributed by atoms with Crippen molar-refractivity contribution in [1.29, 1.82) is 0 Å². The Morgan fingerprint density at radius 1 is 1.52 bits per heavy atom. The van der Waals surface area contributed by atoms with Gasteiger partial charge in [-0.2, -0.15) is 0 Å². The molecule has 6 heteroatoms. The lowest BCUT2D eigenvalue weighted by atomic mass is 10.1. The monoisotopic (exact) mass is 291 g/mol. The second-order valence-electron chi connectivity index (χ2n) is 5.37. The Labute approximate surface area is 124 Å². The fraction of sp³-hybridized carbons (Fsp3) is 0.533. The minimum absolute atomic E-state index is 0.000729. The summed E-state index contributed by atoms with van der Waals surface area (Å²) in [7, 11) is 0. The lowest BCUT2D eigenvalue weighted by Crippen LogP contribution is -2.44. The first-order chi connectivity index (χ1) is 10.2. The smallest absolute Gasteiger partial charge is 0.246 e. The molecule has 21 heavy (non-hydrogen) atoms. The highest BCUT2D eigenvalue weighted by atomic mass is 16.5. The lowest BCUT2D eigenvalue weighted by Gasteiger charge is -2.34. The Hall–Kier alpha value is -1.63. The molecule has 1 aromatic rings. The van der Waals surface area contributed by atoms with Crippen molar-refractivity contribution in [2.75, 3.05) is 43.1 Å². The number of hydrogen-bond donors (Lipinski definition) is 3. The number of ether oxygens (including phenoxy) is 1. The molecule has 2 aliphatic rings. The Morgan fingerprint density at radius 3 is 3.14 bits per heavy atom. The number of benzene rings is 1. The summed E-state index contributed by atoms with van der Waals surface area (Å²) in [6.07, 6.45) is -0.142. The van der Waals surface area contributed by atoms with E-state index in [9.17, 15) is 9.90 Å². The van der Waals surface area contributed by atoms with Gasteiger partial charge in [-0.25, -0.2) is 0 Å². The molecule has 0 aliphatic carbocycles. The Morgan fingerprint density at radius 2 is 2.38 bits per heavy atom. The van der Waals surface area contributed by atoms with Crippen LogP contribution in [0.4, 0.5) is 11.4 Å². The van der Waals surface area contributed by atoms with Gasteiger partial charge in [-0.05, 0) is 18.7 Å². The topological polar surface area (TPSA) is 73.8 Å². The molecule has 1 saturated heterocycles. The molecule has 6 nitrogen and oxygen atoms in total. The van der Waals surface area contributed by atoms with Crippen molar-refractivity contribution < 1.29 is 14.6 Å². The van der Waals surface area contributed by atoms with Crippen LogP contribution in [0.2, 0.25) is 0 Å². The van der Waals surface area contributed by atoms with E-state index in [4.69, 9.17) is 4.74 Å². The van der Waals surface area contributed by atoms with Crippen LogP contribution in [-0.2, 0) is 9.53 Å². The van der Waals surface area contributed by atoms with Crippen LogP contribution in [0.3, 0.4) is 0 Å². The molecule has 2 heterocycles. The summed E-state index contributed by atoms with van der Waals surface area (Å²) in [6, 6.07) is 5.78. The van der Waals surface area contributed by atoms with Crippen molar-refractivity contribution in [3.63, 3.8) is 0 Å². The van der Waals surface area contributed by atoms with Crippen LogP contribution >= 0.6 is 0 Å². The quantitative estimate of drug-likeness (QED) is 0.753. The normalized spacial score (nSPS) is 24.9. The molecule has 0 saturated carbocycles. The molecule has 0 aromatic heterocycles. The van der Waals surface area contributed by atoms with Gasteiger partial charge in [0.1, 0.15) is 6.04 Å². The fourth-order valence-corrected chi connectivity index (χ4v) is 2.92. The maximum atomic E-state index is 12.0. The van der Waals surface area contributed by atoms with Crippen LogP contribution in [-0.4, -0.2) is 50.0 Å². The number of rotatable bonds is 4. The number of anilines is 2. The summed E-state index contributed by atoms with van der Waals surface area (Å²) in [5, 5.41) is 15.3. The van der Waals surface area contributed by atoms with Crippen LogP contribution in [0.5, 0.6) is 0 Å². The van der Waals surface area contributed by atoms with Crippen molar-refractivity contribution in [3.8, 4) is 0 Å². The first-order valence-electron chi connectivity index (χ1n) is 7.38. The van der Waals surface area contributed by atoms with Gasteiger partial charge in [-0.3, -0.25) is 4.79 Å². The Kier molecular flexibility index (Phi) is 4.10. The molecule has 1 aromatic carbocycles. The van der Waals surface area contributed by atoms with E-state index in [1.54, 1.807) is 0 Å². The number of aliphatic hydroxyl groups is 1. The predicted molar refractivity (Wildman–Crippen MR) is 80.5 cm³/mol. The molecular weight excluding hydrogens is 270 g/mol. The number of morpholine rings is 1. The summed E-state index contributed by atoms with van der Waals surface area (Å²) in [5.41, 5.74) is 2.92. The summed E-state index contributed by atoms with van der Waals surface area (Å²) in [6.45, 7) is 4.83. The molecule has 1 fully saturated rings. The molecule has 0 radical (unpaired) electrons. The zero-order chi connectivity index (χ0) is 14.8. The second-order valence-corrected chi connectivity index (χ2v) is 5.37. The van der Waals surface area contributed by atoms with Gasteiger partial charge in [0.2, 0.25) is 5.91 Å². The van der Waals surface area contributed by atoms with Crippen LogP contribution in [0.25, 0.3) is 0 Å². The van der Waals surface area contributed by atoms with Crippen LogP contribution < -0.4 is 15.5 Å². The maximum Gasteiger partial charge on any atom is 0.246 e. The molecule has 0 spiro atoms. The molecule has 2 unspecified atom stereocenters. The largest absolute Gasteiger partial charge is 0.394 e. The number of fused-ring (bicyclic) bond motifs is 1. The summed E-state index contributed by atoms with van der Waals surface area (Å²) in [5.74, 6) is -0.000729. The van der Waals surface area contributed by atoms with E-state index in [0.29, 0.717) is 13.2 Å².